The van der Waals surface area contributed by atoms with E-state index in [4.69, 9.17) is 16.7 Å². The minimum absolute atomic E-state index is 0.0313. The molecule has 11 heteroatoms. The van der Waals surface area contributed by atoms with Crippen LogP contribution in [0, 0.1) is 12.8 Å². The van der Waals surface area contributed by atoms with E-state index in [1.807, 2.05) is 11.8 Å². The summed E-state index contributed by atoms with van der Waals surface area (Å²) in [5, 5.41) is 11.8. The molecule has 1 aliphatic rings. The topological polar surface area (TPSA) is 117 Å². The van der Waals surface area contributed by atoms with Crippen LogP contribution in [-0.4, -0.2) is 53.2 Å². The smallest absolute Gasteiger partial charge is 0.404 e. The Morgan fingerprint density at radius 2 is 1.87 bits per heavy atom. The molecule has 3 heterocycles. The number of fused-ring (bicyclic) bond motifs is 1. The lowest BCUT2D eigenvalue weighted by molar-refractivity contribution is 0.191. The van der Waals surface area contributed by atoms with Crippen molar-refractivity contribution < 1.29 is 18.3 Å². The van der Waals surface area contributed by atoms with Gasteiger partial charge in [0.25, 0.3) is 10.0 Å². The molecule has 0 saturated carbocycles. The number of amides is 1. The maximum atomic E-state index is 13.2. The van der Waals surface area contributed by atoms with Crippen molar-refractivity contribution in [2.45, 2.75) is 24.7 Å². The molecular formula is C20H22ClN5O4S. The van der Waals surface area contributed by atoms with Crippen LogP contribution in [0.2, 0.25) is 5.28 Å². The lowest BCUT2D eigenvalue weighted by Crippen LogP contribution is -2.38. The molecule has 4 rings (SSSR count). The second-order valence-corrected chi connectivity index (χ2v) is 9.75. The molecule has 0 spiro atoms. The molecule has 1 amide bonds. The minimum Gasteiger partial charge on any atom is -0.465 e. The molecule has 0 aliphatic carbocycles. The Morgan fingerprint density at radius 3 is 2.52 bits per heavy atom. The molecule has 3 aromatic rings. The molecule has 0 atom stereocenters. The van der Waals surface area contributed by atoms with Crippen molar-refractivity contribution in [1.29, 1.82) is 0 Å². The Labute approximate surface area is 184 Å². The highest BCUT2D eigenvalue weighted by atomic mass is 35.5. The van der Waals surface area contributed by atoms with Gasteiger partial charge in [0.2, 0.25) is 5.28 Å². The standard InChI is InChI=1S/C20H22ClN5O4S/c1-13-2-4-15(5-3-13)31(29,30)26-11-8-16-17(23-19(21)24-18(16)26)25-9-6-14(7-10-25)12-22-20(27)28/h2-5,8,11,14,22H,6-7,9-10,12H2,1H3,(H,27,28). The summed E-state index contributed by atoms with van der Waals surface area (Å²) in [5.41, 5.74) is 1.19. The first-order chi connectivity index (χ1) is 14.8. The van der Waals surface area contributed by atoms with Crippen LogP contribution in [-0.2, 0) is 10.0 Å². The van der Waals surface area contributed by atoms with Crippen LogP contribution in [0.25, 0.3) is 11.0 Å². The fourth-order valence-electron chi connectivity index (χ4n) is 3.79. The van der Waals surface area contributed by atoms with Gasteiger partial charge in [0.15, 0.2) is 5.65 Å². The molecule has 2 aromatic heterocycles. The van der Waals surface area contributed by atoms with Crippen LogP contribution >= 0.6 is 11.6 Å². The number of hydrogen-bond donors (Lipinski definition) is 2. The summed E-state index contributed by atoms with van der Waals surface area (Å²) in [6, 6.07) is 8.31. The molecule has 0 bridgehead atoms. The summed E-state index contributed by atoms with van der Waals surface area (Å²) in [6.45, 7) is 3.62. The minimum atomic E-state index is -3.84. The van der Waals surface area contributed by atoms with Gasteiger partial charge in [-0.05, 0) is 55.5 Å². The van der Waals surface area contributed by atoms with E-state index in [2.05, 4.69) is 15.3 Å². The third-order valence-corrected chi connectivity index (χ3v) is 7.35. The zero-order valence-corrected chi connectivity index (χ0v) is 18.4. The van der Waals surface area contributed by atoms with Crippen molar-refractivity contribution in [1.82, 2.24) is 19.3 Å². The fourth-order valence-corrected chi connectivity index (χ4v) is 5.24. The number of carboxylic acid groups (broad SMARTS) is 1. The Bertz CT molecular complexity index is 1220. The summed E-state index contributed by atoms with van der Waals surface area (Å²) >= 11 is 6.17. The maximum Gasteiger partial charge on any atom is 0.404 e. The normalized spacial score (nSPS) is 15.4. The number of aryl methyl sites for hydroxylation is 1. The molecule has 164 valence electrons. The highest BCUT2D eigenvalue weighted by Crippen LogP contribution is 2.31. The Kier molecular flexibility index (Phi) is 5.76. The number of anilines is 1. The monoisotopic (exact) mass is 463 g/mol. The van der Waals surface area contributed by atoms with E-state index in [1.54, 1.807) is 30.3 Å². The van der Waals surface area contributed by atoms with Gasteiger partial charge in [-0.3, -0.25) is 0 Å². The third-order valence-electron chi connectivity index (χ3n) is 5.50. The molecule has 0 radical (unpaired) electrons. The number of aromatic nitrogens is 3. The summed E-state index contributed by atoms with van der Waals surface area (Å²) in [5.74, 6) is 0.823. The Morgan fingerprint density at radius 1 is 1.19 bits per heavy atom. The SMILES string of the molecule is Cc1ccc(S(=O)(=O)n2ccc3c(N4CCC(CNC(=O)O)CC4)nc(Cl)nc32)cc1. The number of piperidine rings is 1. The largest absolute Gasteiger partial charge is 0.465 e. The molecule has 1 aliphatic heterocycles. The van der Waals surface area contributed by atoms with Gasteiger partial charge in [0.1, 0.15) is 5.82 Å². The average Bonchev–Trinajstić information content (AvgIpc) is 3.17. The zero-order valence-electron chi connectivity index (χ0n) is 16.8. The van der Waals surface area contributed by atoms with Gasteiger partial charge in [-0.2, -0.15) is 9.97 Å². The first-order valence-corrected chi connectivity index (χ1v) is 11.7. The lowest BCUT2D eigenvalue weighted by Gasteiger charge is -2.33. The molecule has 9 nitrogen and oxygen atoms in total. The van der Waals surface area contributed by atoms with Gasteiger partial charge >= 0.3 is 6.09 Å². The predicted molar refractivity (Wildman–Crippen MR) is 117 cm³/mol. The first kappa shape index (κ1) is 21.4. The van der Waals surface area contributed by atoms with Crippen LogP contribution in [0.4, 0.5) is 10.6 Å². The molecular weight excluding hydrogens is 442 g/mol. The van der Waals surface area contributed by atoms with Gasteiger partial charge in [-0.15, -0.1) is 0 Å². The number of hydrogen-bond acceptors (Lipinski definition) is 6. The Balaban J connectivity index is 1.65. The predicted octanol–water partition coefficient (Wildman–Crippen LogP) is 3.11. The molecule has 1 saturated heterocycles. The van der Waals surface area contributed by atoms with Gasteiger partial charge < -0.3 is 15.3 Å². The van der Waals surface area contributed by atoms with Crippen molar-refractivity contribution in [3.05, 3.63) is 47.4 Å². The summed E-state index contributed by atoms with van der Waals surface area (Å²) < 4.78 is 27.5. The number of carbonyl (C=O) groups is 1. The second kappa shape index (κ2) is 8.35. The Hall–Kier alpha value is -2.85. The third kappa shape index (κ3) is 4.31. The van der Waals surface area contributed by atoms with Crippen LogP contribution < -0.4 is 10.2 Å². The molecule has 0 unspecified atom stereocenters. The van der Waals surface area contributed by atoms with Gasteiger partial charge in [-0.1, -0.05) is 17.7 Å². The van der Waals surface area contributed by atoms with E-state index in [9.17, 15) is 13.2 Å². The van der Waals surface area contributed by atoms with Crippen molar-refractivity contribution in [2.24, 2.45) is 5.92 Å². The van der Waals surface area contributed by atoms with Crippen LogP contribution in [0.1, 0.15) is 18.4 Å². The van der Waals surface area contributed by atoms with E-state index in [0.29, 0.717) is 30.8 Å². The van der Waals surface area contributed by atoms with Crippen molar-refractivity contribution in [2.75, 3.05) is 24.5 Å². The number of rotatable bonds is 5. The summed E-state index contributed by atoms with van der Waals surface area (Å²) in [4.78, 5) is 21.5. The second-order valence-electron chi connectivity index (χ2n) is 7.60. The van der Waals surface area contributed by atoms with Crippen LogP contribution in [0.15, 0.2) is 41.4 Å². The zero-order chi connectivity index (χ0) is 22.2. The van der Waals surface area contributed by atoms with Crippen LogP contribution in [0.5, 0.6) is 0 Å². The van der Waals surface area contributed by atoms with E-state index in [1.165, 1.54) is 6.20 Å². The molecule has 1 aromatic carbocycles. The van der Waals surface area contributed by atoms with E-state index in [0.717, 1.165) is 22.4 Å². The summed E-state index contributed by atoms with van der Waals surface area (Å²) in [6.07, 6.45) is 2.01. The molecule has 31 heavy (non-hydrogen) atoms. The first-order valence-electron chi connectivity index (χ1n) is 9.84. The average molecular weight is 464 g/mol. The fraction of sp³-hybridized carbons (Fsp3) is 0.350. The van der Waals surface area contributed by atoms with E-state index < -0.39 is 16.1 Å². The maximum absolute atomic E-state index is 13.2. The van der Waals surface area contributed by atoms with Crippen LogP contribution in [0.3, 0.4) is 0 Å². The molecule has 2 N–H and O–H groups in total. The van der Waals surface area contributed by atoms with Crippen molar-refractivity contribution in [3.8, 4) is 0 Å². The van der Waals surface area contributed by atoms with Gasteiger partial charge in [0, 0.05) is 25.8 Å². The van der Waals surface area contributed by atoms with Crippen molar-refractivity contribution in [3.63, 3.8) is 0 Å². The lowest BCUT2D eigenvalue weighted by atomic mass is 9.97. The van der Waals surface area contributed by atoms with Gasteiger partial charge in [-0.25, -0.2) is 17.2 Å². The van der Waals surface area contributed by atoms with E-state index in [-0.39, 0.29) is 21.7 Å². The number of nitrogens with zero attached hydrogens (tertiary/aromatic N) is 4. The highest BCUT2D eigenvalue weighted by Gasteiger charge is 2.26. The van der Waals surface area contributed by atoms with Gasteiger partial charge in [0.05, 0.1) is 10.3 Å². The number of benzene rings is 1. The number of nitrogens with one attached hydrogen (secondary N) is 1. The summed E-state index contributed by atoms with van der Waals surface area (Å²) in [7, 11) is -3.84. The quantitative estimate of drug-likeness (QED) is 0.558. The van der Waals surface area contributed by atoms with Crippen molar-refractivity contribution >= 4 is 44.6 Å². The molecule has 1 fully saturated rings. The van der Waals surface area contributed by atoms with E-state index >= 15 is 0 Å². The highest BCUT2D eigenvalue weighted by molar-refractivity contribution is 7.90. The number of halogens is 1.